The summed E-state index contributed by atoms with van der Waals surface area (Å²) in [5, 5.41) is 0. The first-order chi connectivity index (χ1) is 10.5. The van der Waals surface area contributed by atoms with Gasteiger partial charge in [-0.3, -0.25) is 0 Å². The van der Waals surface area contributed by atoms with Crippen LogP contribution in [0, 0.1) is 6.92 Å². The van der Waals surface area contributed by atoms with Gasteiger partial charge in [0.1, 0.15) is 6.04 Å². The van der Waals surface area contributed by atoms with Gasteiger partial charge in [0.25, 0.3) is 0 Å². The summed E-state index contributed by atoms with van der Waals surface area (Å²) in [6, 6.07) is 13.8. The van der Waals surface area contributed by atoms with E-state index >= 15 is 0 Å². The smallest absolute Gasteiger partial charge is 0.215 e. The van der Waals surface area contributed by atoms with E-state index in [2.05, 4.69) is 0 Å². The molecule has 0 aliphatic carbocycles. The molecule has 116 valence electrons. The van der Waals surface area contributed by atoms with Crippen molar-refractivity contribution in [2.45, 2.75) is 17.4 Å². The number of hydrogen-bond donors (Lipinski definition) is 0. The molecule has 3 rings (SSSR count). The Labute approximate surface area is 140 Å². The van der Waals surface area contributed by atoms with Gasteiger partial charge in [0.15, 0.2) is 11.5 Å². The zero-order valence-corrected chi connectivity index (χ0v) is 14.2. The maximum Gasteiger partial charge on any atom is 0.215 e. The van der Waals surface area contributed by atoms with Gasteiger partial charge in [-0.2, -0.15) is 0 Å². The van der Waals surface area contributed by atoms with E-state index in [9.17, 15) is 0 Å². The second kappa shape index (κ2) is 5.56. The van der Waals surface area contributed by atoms with Crippen molar-refractivity contribution in [3.8, 4) is 11.5 Å². The Morgan fingerprint density at radius 2 is 1.59 bits per heavy atom. The molecular weight excluding hydrogens is 321 g/mol. The molecule has 5 heteroatoms. The Kier molecular flexibility index (Phi) is 3.87. The van der Waals surface area contributed by atoms with Crippen molar-refractivity contribution in [1.82, 2.24) is 0 Å². The quantitative estimate of drug-likeness (QED) is 0.458. The summed E-state index contributed by atoms with van der Waals surface area (Å²) in [4.78, 5) is 1.97. The number of nitrogens with zero attached hydrogens (tertiary/aromatic N) is 1. The molecule has 1 fully saturated rings. The van der Waals surface area contributed by atoms with Crippen LogP contribution in [-0.4, -0.2) is 18.7 Å². The van der Waals surface area contributed by atoms with Crippen LogP contribution in [0.4, 0.5) is 5.69 Å². The fourth-order valence-electron chi connectivity index (χ4n) is 2.64. The van der Waals surface area contributed by atoms with Crippen molar-refractivity contribution in [2.24, 2.45) is 0 Å². The molecular formula is C17H17Cl2NO2. The van der Waals surface area contributed by atoms with Crippen LogP contribution in [0.25, 0.3) is 0 Å². The Morgan fingerprint density at radius 1 is 0.955 bits per heavy atom. The Balaban J connectivity index is 1.93. The van der Waals surface area contributed by atoms with E-state index in [4.69, 9.17) is 32.7 Å². The number of ether oxygens (including phenoxy) is 2. The third-order valence-corrected chi connectivity index (χ3v) is 4.65. The summed E-state index contributed by atoms with van der Waals surface area (Å²) in [6.07, 6.45) is 0. The first-order valence-electron chi connectivity index (χ1n) is 6.94. The van der Waals surface area contributed by atoms with Gasteiger partial charge in [-0.1, -0.05) is 47.0 Å². The fraction of sp³-hybridized carbons (Fsp3) is 0.294. The van der Waals surface area contributed by atoms with Gasteiger partial charge < -0.3 is 14.4 Å². The monoisotopic (exact) mass is 337 g/mol. The summed E-state index contributed by atoms with van der Waals surface area (Å²) in [5.41, 5.74) is 3.18. The van der Waals surface area contributed by atoms with Gasteiger partial charge in [0.05, 0.1) is 14.2 Å². The molecule has 0 spiro atoms. The normalized spacial score (nSPS) is 19.0. The van der Waals surface area contributed by atoms with Gasteiger partial charge in [0, 0.05) is 5.69 Å². The highest BCUT2D eigenvalue weighted by Gasteiger charge is 2.62. The minimum Gasteiger partial charge on any atom is -0.493 e. The molecule has 2 aromatic rings. The molecule has 0 radical (unpaired) electrons. The number of aryl methyl sites for hydroxylation is 1. The maximum absolute atomic E-state index is 6.47. The molecule has 0 aromatic heterocycles. The van der Waals surface area contributed by atoms with Crippen LogP contribution in [0.1, 0.15) is 17.2 Å². The van der Waals surface area contributed by atoms with Crippen LogP contribution in [0.2, 0.25) is 0 Å². The SMILES string of the molecule is COc1ccc(C2N(c3ccc(C)cc3)C2(Cl)Cl)cc1OC. The first kappa shape index (κ1) is 15.3. The van der Waals surface area contributed by atoms with Gasteiger partial charge >= 0.3 is 0 Å². The summed E-state index contributed by atoms with van der Waals surface area (Å²) >= 11 is 12.9. The Hall–Kier alpha value is -1.58. The highest BCUT2D eigenvalue weighted by molar-refractivity contribution is 6.53. The van der Waals surface area contributed by atoms with E-state index in [-0.39, 0.29) is 6.04 Å². The molecule has 1 atom stereocenters. The summed E-state index contributed by atoms with van der Waals surface area (Å²) in [5.74, 6) is 1.35. The summed E-state index contributed by atoms with van der Waals surface area (Å²) < 4.78 is 9.66. The van der Waals surface area contributed by atoms with Crippen molar-refractivity contribution < 1.29 is 9.47 Å². The molecule has 1 saturated heterocycles. The molecule has 22 heavy (non-hydrogen) atoms. The predicted molar refractivity (Wildman–Crippen MR) is 90.4 cm³/mol. The lowest BCUT2D eigenvalue weighted by Gasteiger charge is -2.10. The number of halogens is 2. The molecule has 0 bridgehead atoms. The first-order valence-corrected chi connectivity index (χ1v) is 7.70. The Bertz CT molecular complexity index is 686. The average Bonchev–Trinajstić information content (AvgIpc) is 3.09. The highest BCUT2D eigenvalue weighted by atomic mass is 35.5. The largest absolute Gasteiger partial charge is 0.493 e. The van der Waals surface area contributed by atoms with Crippen molar-refractivity contribution in [3.63, 3.8) is 0 Å². The van der Waals surface area contributed by atoms with Crippen molar-refractivity contribution in [2.75, 3.05) is 19.1 Å². The van der Waals surface area contributed by atoms with E-state index in [0.29, 0.717) is 11.5 Å². The van der Waals surface area contributed by atoms with E-state index in [0.717, 1.165) is 11.3 Å². The van der Waals surface area contributed by atoms with E-state index in [1.54, 1.807) is 14.2 Å². The van der Waals surface area contributed by atoms with Crippen LogP contribution in [0.5, 0.6) is 11.5 Å². The second-order valence-electron chi connectivity index (χ2n) is 5.31. The average molecular weight is 338 g/mol. The topological polar surface area (TPSA) is 21.5 Å². The second-order valence-corrected chi connectivity index (χ2v) is 6.66. The zero-order valence-electron chi connectivity index (χ0n) is 12.6. The van der Waals surface area contributed by atoms with Gasteiger partial charge in [-0.05, 0) is 36.8 Å². The minimum absolute atomic E-state index is 0.113. The highest BCUT2D eigenvalue weighted by Crippen LogP contribution is 2.61. The number of methoxy groups -OCH3 is 2. The molecule has 1 unspecified atom stereocenters. The lowest BCUT2D eigenvalue weighted by molar-refractivity contribution is 0.354. The number of rotatable bonds is 4. The fourth-order valence-corrected chi connectivity index (χ4v) is 3.38. The Morgan fingerprint density at radius 3 is 2.18 bits per heavy atom. The minimum atomic E-state index is -0.950. The van der Waals surface area contributed by atoms with Crippen molar-refractivity contribution in [1.29, 1.82) is 0 Å². The van der Waals surface area contributed by atoms with Crippen LogP contribution in [0.15, 0.2) is 42.5 Å². The van der Waals surface area contributed by atoms with Crippen LogP contribution in [0.3, 0.4) is 0 Å². The van der Waals surface area contributed by atoms with Crippen LogP contribution >= 0.6 is 23.2 Å². The molecule has 1 aliphatic rings. The third kappa shape index (κ3) is 2.49. The number of benzene rings is 2. The summed E-state index contributed by atoms with van der Waals surface area (Å²) in [6.45, 7) is 2.05. The van der Waals surface area contributed by atoms with Gasteiger partial charge in [-0.25, -0.2) is 0 Å². The van der Waals surface area contributed by atoms with E-state index in [1.165, 1.54) is 5.56 Å². The van der Waals surface area contributed by atoms with Crippen molar-refractivity contribution >= 4 is 28.9 Å². The third-order valence-electron chi connectivity index (χ3n) is 3.88. The van der Waals surface area contributed by atoms with E-state index in [1.807, 2.05) is 54.3 Å². The van der Waals surface area contributed by atoms with E-state index < -0.39 is 4.46 Å². The molecule has 0 amide bonds. The van der Waals surface area contributed by atoms with Crippen LogP contribution in [-0.2, 0) is 0 Å². The summed E-state index contributed by atoms with van der Waals surface area (Å²) in [7, 11) is 3.22. The predicted octanol–water partition coefficient (Wildman–Crippen LogP) is 4.70. The van der Waals surface area contributed by atoms with Gasteiger partial charge in [-0.15, -0.1) is 0 Å². The standard InChI is InChI=1S/C17H17Cl2NO2/c1-11-4-7-13(8-5-11)20-16(17(20,18)19)12-6-9-14(21-2)15(10-12)22-3/h4-10,16H,1-3H3. The molecule has 0 N–H and O–H groups in total. The molecule has 0 saturated carbocycles. The lowest BCUT2D eigenvalue weighted by atomic mass is 10.1. The zero-order chi connectivity index (χ0) is 15.9. The number of hydrogen-bond acceptors (Lipinski definition) is 3. The number of alkyl halides is 2. The lowest BCUT2D eigenvalue weighted by Crippen LogP contribution is -2.00. The van der Waals surface area contributed by atoms with Crippen molar-refractivity contribution in [3.05, 3.63) is 53.6 Å². The molecule has 1 heterocycles. The number of anilines is 1. The maximum atomic E-state index is 6.47. The molecule has 1 aliphatic heterocycles. The van der Waals surface area contributed by atoms with Gasteiger partial charge in [0.2, 0.25) is 4.46 Å². The molecule has 2 aromatic carbocycles. The van der Waals surface area contributed by atoms with Crippen LogP contribution < -0.4 is 14.4 Å². The molecule has 3 nitrogen and oxygen atoms in total.